The fraction of sp³-hybridized carbons (Fsp3) is 0.818. The minimum absolute atomic E-state index is 0.512. The van der Waals surface area contributed by atoms with E-state index in [-0.39, 0.29) is 0 Å². The van der Waals surface area contributed by atoms with Crippen LogP contribution in [-0.4, -0.2) is 57.3 Å². The second kappa shape index (κ2) is 10.3. The second-order valence-electron chi connectivity index (χ2n) is 3.63. The minimum atomic E-state index is 0.512. The summed E-state index contributed by atoms with van der Waals surface area (Å²) in [6.07, 6.45) is 0.888. The topological polar surface area (TPSA) is 65.5 Å². The van der Waals surface area contributed by atoms with E-state index in [1.54, 1.807) is 25.6 Å². The molecule has 0 aliphatic heterocycles. The fourth-order valence-corrected chi connectivity index (χ4v) is 2.03. The second-order valence-corrected chi connectivity index (χ2v) is 4.77. The van der Waals surface area contributed by atoms with E-state index in [2.05, 4.69) is 15.5 Å². The number of rotatable bonds is 11. The summed E-state index contributed by atoms with van der Waals surface area (Å²) in [5, 5.41) is 13.4. The summed E-state index contributed by atoms with van der Waals surface area (Å²) in [4.78, 5) is 0. The molecule has 0 aromatic carbocycles. The molecule has 1 rings (SSSR count). The van der Waals surface area contributed by atoms with Crippen molar-refractivity contribution in [3.05, 3.63) is 10.0 Å². The molecular formula is C11H21N3O3S. The lowest BCUT2D eigenvalue weighted by Crippen LogP contribution is -2.21. The number of methoxy groups -OCH3 is 2. The highest BCUT2D eigenvalue weighted by molar-refractivity contribution is 7.11. The largest absolute Gasteiger partial charge is 0.383 e. The smallest absolute Gasteiger partial charge is 0.143 e. The number of nitrogens with one attached hydrogen (secondary N) is 1. The minimum Gasteiger partial charge on any atom is -0.383 e. The van der Waals surface area contributed by atoms with E-state index in [0.717, 1.165) is 36.1 Å². The highest BCUT2D eigenvalue weighted by atomic mass is 32.1. The summed E-state index contributed by atoms with van der Waals surface area (Å²) < 4.78 is 15.2. The van der Waals surface area contributed by atoms with Crippen molar-refractivity contribution in [1.29, 1.82) is 0 Å². The molecule has 0 radical (unpaired) electrons. The molecule has 0 fully saturated rings. The Labute approximate surface area is 112 Å². The molecule has 0 spiro atoms. The number of ether oxygens (including phenoxy) is 3. The molecule has 0 aliphatic carbocycles. The third-order valence-corrected chi connectivity index (χ3v) is 3.12. The summed E-state index contributed by atoms with van der Waals surface area (Å²) in [5.74, 6) is 0. The van der Waals surface area contributed by atoms with Gasteiger partial charge < -0.3 is 19.5 Å². The zero-order valence-corrected chi connectivity index (χ0v) is 11.8. The molecule has 0 amide bonds. The summed E-state index contributed by atoms with van der Waals surface area (Å²) >= 11 is 1.60. The highest BCUT2D eigenvalue weighted by Gasteiger charge is 2.03. The molecule has 104 valence electrons. The van der Waals surface area contributed by atoms with Gasteiger partial charge in [0, 0.05) is 33.7 Å². The van der Waals surface area contributed by atoms with Gasteiger partial charge in [0.25, 0.3) is 0 Å². The van der Waals surface area contributed by atoms with Crippen molar-refractivity contribution < 1.29 is 14.2 Å². The van der Waals surface area contributed by atoms with E-state index in [1.807, 2.05) is 0 Å². The maximum Gasteiger partial charge on any atom is 0.143 e. The highest BCUT2D eigenvalue weighted by Crippen LogP contribution is 2.10. The van der Waals surface area contributed by atoms with Crippen LogP contribution in [0.3, 0.4) is 0 Å². The Morgan fingerprint density at radius 1 is 1.00 bits per heavy atom. The lowest BCUT2D eigenvalue weighted by atomic mass is 10.4. The van der Waals surface area contributed by atoms with E-state index in [9.17, 15) is 0 Å². The van der Waals surface area contributed by atoms with Crippen LogP contribution < -0.4 is 5.32 Å². The van der Waals surface area contributed by atoms with Crippen molar-refractivity contribution in [2.24, 2.45) is 0 Å². The quantitative estimate of drug-likeness (QED) is 0.593. The standard InChI is InChI=1S/C11H21N3O3S/c1-15-6-5-12-4-3-10-13-14-11(18-10)9-17-8-7-16-2/h12H,3-9H2,1-2H3. The molecule has 1 N–H and O–H groups in total. The van der Waals surface area contributed by atoms with Gasteiger partial charge in [-0.05, 0) is 0 Å². The average molecular weight is 275 g/mol. The van der Waals surface area contributed by atoms with Gasteiger partial charge in [-0.1, -0.05) is 11.3 Å². The molecular weight excluding hydrogens is 254 g/mol. The van der Waals surface area contributed by atoms with Gasteiger partial charge in [0.05, 0.1) is 19.8 Å². The number of hydrogen-bond acceptors (Lipinski definition) is 7. The molecule has 0 unspecified atom stereocenters. The van der Waals surface area contributed by atoms with Gasteiger partial charge in [-0.3, -0.25) is 0 Å². The first-order valence-electron chi connectivity index (χ1n) is 5.94. The van der Waals surface area contributed by atoms with E-state index in [1.165, 1.54) is 0 Å². The van der Waals surface area contributed by atoms with E-state index in [0.29, 0.717) is 19.8 Å². The van der Waals surface area contributed by atoms with Gasteiger partial charge in [0.2, 0.25) is 0 Å². The number of hydrogen-bond donors (Lipinski definition) is 1. The molecule has 0 saturated carbocycles. The first kappa shape index (κ1) is 15.5. The van der Waals surface area contributed by atoms with Gasteiger partial charge >= 0.3 is 0 Å². The molecule has 1 aromatic heterocycles. The lowest BCUT2D eigenvalue weighted by Gasteiger charge is -2.01. The average Bonchev–Trinajstić information content (AvgIpc) is 2.82. The Morgan fingerprint density at radius 3 is 2.56 bits per heavy atom. The first-order valence-corrected chi connectivity index (χ1v) is 6.76. The Morgan fingerprint density at radius 2 is 1.78 bits per heavy atom. The lowest BCUT2D eigenvalue weighted by molar-refractivity contribution is 0.0613. The van der Waals surface area contributed by atoms with Gasteiger partial charge in [0.1, 0.15) is 16.6 Å². The van der Waals surface area contributed by atoms with Crippen LogP contribution in [0.4, 0.5) is 0 Å². The zero-order chi connectivity index (χ0) is 13.1. The van der Waals surface area contributed by atoms with Gasteiger partial charge in [-0.25, -0.2) is 0 Å². The molecule has 1 aromatic rings. The first-order chi connectivity index (χ1) is 8.86. The summed E-state index contributed by atoms with van der Waals surface area (Å²) in [6, 6.07) is 0. The maximum absolute atomic E-state index is 5.38. The van der Waals surface area contributed by atoms with Crippen molar-refractivity contribution in [1.82, 2.24) is 15.5 Å². The van der Waals surface area contributed by atoms with Crippen molar-refractivity contribution >= 4 is 11.3 Å². The van der Waals surface area contributed by atoms with Crippen LogP contribution in [0.5, 0.6) is 0 Å². The Balaban J connectivity index is 2.10. The summed E-state index contributed by atoms with van der Waals surface area (Å²) in [6.45, 7) is 4.19. The van der Waals surface area contributed by atoms with Gasteiger partial charge in [-0.2, -0.15) is 0 Å². The van der Waals surface area contributed by atoms with Crippen LogP contribution in [0.15, 0.2) is 0 Å². The maximum atomic E-state index is 5.38. The van der Waals surface area contributed by atoms with E-state index >= 15 is 0 Å². The molecule has 0 bridgehead atoms. The Kier molecular flexibility index (Phi) is 8.87. The molecule has 0 aliphatic rings. The van der Waals surface area contributed by atoms with Gasteiger partial charge in [0.15, 0.2) is 0 Å². The molecule has 0 saturated heterocycles. The zero-order valence-electron chi connectivity index (χ0n) is 11.0. The third kappa shape index (κ3) is 6.97. The van der Waals surface area contributed by atoms with Crippen LogP contribution in [0.25, 0.3) is 0 Å². The van der Waals surface area contributed by atoms with E-state index < -0.39 is 0 Å². The van der Waals surface area contributed by atoms with E-state index in [4.69, 9.17) is 14.2 Å². The summed E-state index contributed by atoms with van der Waals surface area (Å²) in [7, 11) is 3.35. The van der Waals surface area contributed by atoms with Crippen molar-refractivity contribution in [2.75, 3.05) is 47.1 Å². The van der Waals surface area contributed by atoms with Crippen LogP contribution in [0, 0.1) is 0 Å². The molecule has 1 heterocycles. The predicted molar refractivity (Wildman–Crippen MR) is 69.9 cm³/mol. The third-order valence-electron chi connectivity index (χ3n) is 2.16. The number of aromatic nitrogens is 2. The molecule has 7 heteroatoms. The van der Waals surface area contributed by atoms with Crippen LogP contribution in [0.2, 0.25) is 0 Å². The van der Waals surface area contributed by atoms with Crippen LogP contribution in [-0.2, 0) is 27.2 Å². The molecule has 6 nitrogen and oxygen atoms in total. The predicted octanol–water partition coefficient (Wildman–Crippen LogP) is 0.480. The van der Waals surface area contributed by atoms with Crippen molar-refractivity contribution in [3.63, 3.8) is 0 Å². The van der Waals surface area contributed by atoms with Crippen LogP contribution >= 0.6 is 11.3 Å². The number of nitrogens with zero attached hydrogens (tertiary/aromatic N) is 2. The Hall–Kier alpha value is -0.600. The van der Waals surface area contributed by atoms with Gasteiger partial charge in [-0.15, -0.1) is 10.2 Å². The van der Waals surface area contributed by atoms with Crippen molar-refractivity contribution in [2.45, 2.75) is 13.0 Å². The molecule has 0 atom stereocenters. The monoisotopic (exact) mass is 275 g/mol. The van der Waals surface area contributed by atoms with Crippen molar-refractivity contribution in [3.8, 4) is 0 Å². The fourth-order valence-electron chi connectivity index (χ4n) is 1.24. The van der Waals surface area contributed by atoms with Crippen LogP contribution in [0.1, 0.15) is 10.0 Å². The normalized spacial score (nSPS) is 11.0. The Bertz CT molecular complexity index is 309. The molecule has 18 heavy (non-hydrogen) atoms. The summed E-state index contributed by atoms with van der Waals surface area (Å²) in [5.41, 5.74) is 0. The SMILES string of the molecule is COCCNCCc1nnc(COCCOC)s1.